The number of nitrogens with one attached hydrogen (secondary N) is 1. The van der Waals surface area contributed by atoms with E-state index in [1.54, 1.807) is 13.0 Å². The van der Waals surface area contributed by atoms with Crippen molar-refractivity contribution in [1.82, 2.24) is 10.2 Å². The number of anilines is 2. The summed E-state index contributed by atoms with van der Waals surface area (Å²) in [4.78, 5) is 30.5. The molecule has 2 heterocycles. The lowest BCUT2D eigenvalue weighted by Gasteiger charge is -2.20. The van der Waals surface area contributed by atoms with E-state index in [-0.39, 0.29) is 33.1 Å². The molecule has 0 spiro atoms. The number of carbonyl (C=O) groups excluding carboxylic acids is 2. The van der Waals surface area contributed by atoms with Crippen molar-refractivity contribution in [1.29, 1.82) is 0 Å². The maximum absolute atomic E-state index is 15.0. The predicted molar refractivity (Wildman–Crippen MR) is 161 cm³/mol. The minimum atomic E-state index is -4.83. The van der Waals surface area contributed by atoms with Crippen molar-refractivity contribution in [3.63, 3.8) is 0 Å². The van der Waals surface area contributed by atoms with Gasteiger partial charge in [-0.2, -0.15) is 18.2 Å². The molecule has 1 aliphatic heterocycles. The van der Waals surface area contributed by atoms with Crippen LogP contribution in [-0.2, 0) is 4.79 Å². The molecule has 1 fully saturated rings. The molecule has 0 atom stereocenters. The van der Waals surface area contributed by atoms with Gasteiger partial charge in [0, 0.05) is 11.1 Å². The Labute approximate surface area is 269 Å². The maximum Gasteiger partial charge on any atom is 0.573 e. The smallest absolute Gasteiger partial charge is 0.491 e. The lowest BCUT2D eigenvalue weighted by Crippen LogP contribution is -2.31. The van der Waals surface area contributed by atoms with E-state index in [9.17, 15) is 35.9 Å². The zero-order chi connectivity index (χ0) is 33.9. The van der Waals surface area contributed by atoms with Gasteiger partial charge >= 0.3 is 18.6 Å². The topological polar surface area (TPSA) is 106 Å². The highest BCUT2D eigenvalue weighted by Crippen LogP contribution is 2.37. The average molecular weight is 700 g/mol. The minimum absolute atomic E-state index is 0.0160. The molecule has 1 aliphatic rings. The fourth-order valence-electron chi connectivity index (χ4n) is 4.12. The van der Waals surface area contributed by atoms with Crippen LogP contribution in [0.2, 0.25) is 0 Å². The summed E-state index contributed by atoms with van der Waals surface area (Å²) >= 11 is 1.95. The Bertz CT molecular complexity index is 1830. The normalized spacial score (nSPS) is 14.5. The number of amidine groups is 1. The molecule has 3 amide bonds. The van der Waals surface area contributed by atoms with Crippen LogP contribution >= 0.6 is 23.1 Å². The van der Waals surface area contributed by atoms with Crippen LogP contribution in [0.15, 0.2) is 65.7 Å². The SMILES string of the molecule is Cc1ccc(OCCC(F)(F)F)c(N2C(=O)CSC2=NC(=O)Nc2ccc(-c3nnc(-c4ccc(OC(F)(F)F)cc4)s3)cc2F)c1. The van der Waals surface area contributed by atoms with E-state index in [4.69, 9.17) is 4.74 Å². The van der Waals surface area contributed by atoms with Crippen molar-refractivity contribution >= 4 is 51.6 Å². The Morgan fingerprint density at radius 1 is 0.979 bits per heavy atom. The van der Waals surface area contributed by atoms with Gasteiger partial charge in [0.15, 0.2) is 5.17 Å². The molecule has 1 N–H and O–H groups in total. The number of urea groups is 1. The third kappa shape index (κ3) is 8.76. The molecule has 246 valence electrons. The predicted octanol–water partition coefficient (Wildman–Crippen LogP) is 8.22. The third-order valence-corrected chi connectivity index (χ3v) is 8.12. The number of aryl methyl sites for hydroxylation is 1. The van der Waals surface area contributed by atoms with Crippen molar-refractivity contribution in [3.05, 3.63) is 72.0 Å². The summed E-state index contributed by atoms with van der Waals surface area (Å²) in [5.74, 6) is -1.88. The molecule has 47 heavy (non-hydrogen) atoms. The number of thioether (sulfide) groups is 1. The van der Waals surface area contributed by atoms with Crippen LogP contribution in [0.25, 0.3) is 21.1 Å². The number of carbonyl (C=O) groups is 2. The number of benzene rings is 3. The Hall–Kier alpha value is -4.71. The Morgan fingerprint density at radius 2 is 1.66 bits per heavy atom. The van der Waals surface area contributed by atoms with Crippen molar-refractivity contribution in [2.24, 2.45) is 4.99 Å². The van der Waals surface area contributed by atoms with E-state index in [1.165, 1.54) is 36.4 Å². The first-order chi connectivity index (χ1) is 22.1. The number of hydrogen-bond donors (Lipinski definition) is 1. The summed E-state index contributed by atoms with van der Waals surface area (Å²) in [6, 6.07) is 12.3. The highest BCUT2D eigenvalue weighted by atomic mass is 32.2. The molecule has 0 bridgehead atoms. The molecule has 1 aromatic heterocycles. The van der Waals surface area contributed by atoms with Gasteiger partial charge < -0.3 is 14.8 Å². The van der Waals surface area contributed by atoms with Crippen LogP contribution in [0.3, 0.4) is 0 Å². The largest absolute Gasteiger partial charge is 0.573 e. The number of nitrogens with zero attached hydrogens (tertiary/aromatic N) is 4. The highest BCUT2D eigenvalue weighted by Gasteiger charge is 2.34. The van der Waals surface area contributed by atoms with E-state index in [1.807, 2.05) is 0 Å². The molecule has 1 saturated heterocycles. The van der Waals surface area contributed by atoms with Crippen molar-refractivity contribution in [3.8, 4) is 32.6 Å². The van der Waals surface area contributed by atoms with Gasteiger partial charge in [0.25, 0.3) is 0 Å². The van der Waals surface area contributed by atoms with Gasteiger partial charge in [-0.1, -0.05) is 29.2 Å². The van der Waals surface area contributed by atoms with Gasteiger partial charge in [-0.05, 0) is 67.1 Å². The molecule has 9 nitrogen and oxygen atoms in total. The molecule has 0 saturated carbocycles. The van der Waals surface area contributed by atoms with Crippen LogP contribution in [-0.4, -0.2) is 52.2 Å². The van der Waals surface area contributed by atoms with Gasteiger partial charge in [-0.15, -0.1) is 23.4 Å². The van der Waals surface area contributed by atoms with Crippen molar-refractivity contribution in [2.45, 2.75) is 25.9 Å². The Kier molecular flexibility index (Phi) is 9.71. The molecule has 3 aromatic carbocycles. The first-order valence-electron chi connectivity index (χ1n) is 13.3. The van der Waals surface area contributed by atoms with Crippen LogP contribution in [0.5, 0.6) is 11.5 Å². The standard InChI is InChI=1S/C29H20F7N5O4S2/c1-15-2-9-22(44-11-10-28(31,32)33)21(12-15)41-23(42)14-46-27(41)38-26(43)37-20-8-5-17(13-19(20)30)25-40-39-24(47-25)16-3-6-18(7-4-16)45-29(34,35)36/h2-9,12-13H,10-11,14H2,1H3,(H,37,43). The van der Waals surface area contributed by atoms with Gasteiger partial charge in [0.2, 0.25) is 5.91 Å². The second kappa shape index (κ2) is 13.6. The lowest BCUT2D eigenvalue weighted by atomic mass is 10.2. The zero-order valence-corrected chi connectivity index (χ0v) is 25.4. The molecule has 5 rings (SSSR count). The van der Waals surface area contributed by atoms with Crippen molar-refractivity contribution < 1.29 is 49.8 Å². The minimum Gasteiger partial charge on any atom is -0.491 e. The fourth-order valence-corrected chi connectivity index (χ4v) is 5.82. The van der Waals surface area contributed by atoms with E-state index >= 15 is 4.39 Å². The molecule has 4 aromatic rings. The number of rotatable bonds is 8. The summed E-state index contributed by atoms with van der Waals surface area (Å²) in [6.45, 7) is 1.01. The molecule has 0 radical (unpaired) electrons. The van der Waals surface area contributed by atoms with Gasteiger partial charge in [0.1, 0.15) is 27.3 Å². The number of ether oxygens (including phenoxy) is 2. The third-order valence-electron chi connectivity index (χ3n) is 6.18. The molecular weight excluding hydrogens is 679 g/mol. The van der Waals surface area contributed by atoms with E-state index in [0.717, 1.165) is 46.2 Å². The lowest BCUT2D eigenvalue weighted by molar-refractivity contribution is -0.274. The summed E-state index contributed by atoms with van der Waals surface area (Å²) in [7, 11) is 0. The Balaban J connectivity index is 1.29. The number of alkyl halides is 6. The number of halogens is 7. The van der Waals surface area contributed by atoms with Crippen LogP contribution in [0.1, 0.15) is 12.0 Å². The monoisotopic (exact) mass is 699 g/mol. The van der Waals surface area contributed by atoms with Crippen molar-refractivity contribution in [2.75, 3.05) is 22.6 Å². The summed E-state index contributed by atoms with van der Waals surface area (Å²) in [6.07, 6.45) is -10.5. The van der Waals surface area contributed by atoms with Gasteiger partial charge in [-0.3, -0.25) is 9.69 Å². The van der Waals surface area contributed by atoms with Gasteiger partial charge in [-0.25, -0.2) is 9.18 Å². The summed E-state index contributed by atoms with van der Waals surface area (Å²) in [5.41, 5.74) is 1.27. The van der Waals surface area contributed by atoms with E-state index in [0.29, 0.717) is 21.7 Å². The molecule has 0 aliphatic carbocycles. The zero-order valence-electron chi connectivity index (χ0n) is 23.8. The first-order valence-corrected chi connectivity index (χ1v) is 15.1. The van der Waals surface area contributed by atoms with E-state index in [2.05, 4.69) is 25.2 Å². The Morgan fingerprint density at radius 3 is 2.32 bits per heavy atom. The second-order valence-corrected chi connectivity index (χ2v) is 11.6. The number of amides is 3. The molecule has 0 unspecified atom stereocenters. The molecular formula is C29H20F7N5O4S2. The number of hydrogen-bond acceptors (Lipinski definition) is 8. The van der Waals surface area contributed by atoms with Gasteiger partial charge in [0.05, 0.1) is 30.2 Å². The molecule has 18 heteroatoms. The fraction of sp³-hybridized carbons (Fsp3) is 0.207. The van der Waals surface area contributed by atoms with Crippen LogP contribution in [0, 0.1) is 12.7 Å². The first kappa shape index (κ1) is 33.6. The average Bonchev–Trinajstić information content (AvgIpc) is 3.61. The second-order valence-electron chi connectivity index (χ2n) is 9.71. The highest BCUT2D eigenvalue weighted by molar-refractivity contribution is 8.15. The van der Waals surface area contributed by atoms with Crippen LogP contribution < -0.4 is 19.7 Å². The summed E-state index contributed by atoms with van der Waals surface area (Å²) in [5, 5.41) is 10.9. The summed E-state index contributed by atoms with van der Waals surface area (Å²) < 4.78 is 99.4. The van der Waals surface area contributed by atoms with E-state index < -0.39 is 49.1 Å². The number of aliphatic imine (C=N–C) groups is 1. The van der Waals surface area contributed by atoms with Crippen LogP contribution in [0.4, 0.5) is 46.9 Å². The number of aromatic nitrogens is 2. The quantitative estimate of drug-likeness (QED) is 0.185. The maximum atomic E-state index is 15.0.